The maximum atomic E-state index is 12.3. The quantitative estimate of drug-likeness (QED) is 0.587. The molecule has 1 amide bonds. The van der Waals surface area contributed by atoms with Crippen LogP contribution in [0.15, 0.2) is 51.8 Å². The van der Waals surface area contributed by atoms with Crippen molar-refractivity contribution in [2.45, 2.75) is 25.2 Å². The Morgan fingerprint density at radius 3 is 2.57 bits per heavy atom. The van der Waals surface area contributed by atoms with Crippen molar-refractivity contribution in [1.82, 2.24) is 4.90 Å². The van der Waals surface area contributed by atoms with E-state index >= 15 is 0 Å². The van der Waals surface area contributed by atoms with Gasteiger partial charge in [0.15, 0.2) is 0 Å². The average molecular weight is 462 g/mol. The fourth-order valence-electron chi connectivity index (χ4n) is 3.34. The molecule has 0 saturated carbocycles. The van der Waals surface area contributed by atoms with Gasteiger partial charge in [0.25, 0.3) is 0 Å². The van der Waals surface area contributed by atoms with Crippen LogP contribution < -0.4 is 10.2 Å². The van der Waals surface area contributed by atoms with E-state index in [1.165, 1.54) is 10.6 Å². The number of piperazine rings is 1. The number of benzene rings is 2. The van der Waals surface area contributed by atoms with Gasteiger partial charge in [0.2, 0.25) is 5.91 Å². The van der Waals surface area contributed by atoms with E-state index in [2.05, 4.69) is 63.1 Å². The van der Waals surface area contributed by atoms with Crippen molar-refractivity contribution in [2.75, 3.05) is 48.7 Å². The maximum absolute atomic E-state index is 12.3. The molecule has 150 valence electrons. The molecule has 0 spiro atoms. The second kappa shape index (κ2) is 10.3. The molecule has 1 fully saturated rings. The van der Waals surface area contributed by atoms with Crippen molar-refractivity contribution < 1.29 is 4.79 Å². The first-order valence-corrected chi connectivity index (χ1v) is 11.6. The van der Waals surface area contributed by atoms with Crippen LogP contribution in [0.5, 0.6) is 0 Å². The van der Waals surface area contributed by atoms with Crippen LogP contribution in [0.1, 0.15) is 18.9 Å². The molecular weight excluding hydrogens is 434 g/mol. The van der Waals surface area contributed by atoms with Crippen molar-refractivity contribution in [3.63, 3.8) is 0 Å². The second-order valence-corrected chi connectivity index (χ2v) is 8.99. The smallest absolute Gasteiger partial charge is 0.225 e. The van der Waals surface area contributed by atoms with E-state index in [0.717, 1.165) is 54.2 Å². The SMILES string of the molecule is CCN1CCN(c2ccc(NC(=O)CCSc3ccccc3Br)c(C)c2)CC1. The molecule has 1 saturated heterocycles. The summed E-state index contributed by atoms with van der Waals surface area (Å²) in [6.45, 7) is 9.76. The highest BCUT2D eigenvalue weighted by atomic mass is 79.9. The standard InChI is InChI=1S/C22H28BrN3OS/c1-3-25-11-13-26(14-12-25)18-8-9-20(17(2)16-18)24-22(27)10-15-28-21-7-5-4-6-19(21)23/h4-9,16H,3,10-15H2,1-2H3,(H,24,27). The fraction of sp³-hybridized carbons (Fsp3) is 0.409. The van der Waals surface area contributed by atoms with Crippen LogP contribution in [0.4, 0.5) is 11.4 Å². The highest BCUT2D eigenvalue weighted by molar-refractivity contribution is 9.10. The van der Waals surface area contributed by atoms with Crippen LogP contribution in [0.25, 0.3) is 0 Å². The summed E-state index contributed by atoms with van der Waals surface area (Å²) in [6.07, 6.45) is 0.492. The van der Waals surface area contributed by atoms with Crippen molar-refractivity contribution in [3.8, 4) is 0 Å². The van der Waals surface area contributed by atoms with Gasteiger partial charge in [-0.25, -0.2) is 0 Å². The molecule has 0 radical (unpaired) electrons. The van der Waals surface area contributed by atoms with Crippen LogP contribution in [0.2, 0.25) is 0 Å². The van der Waals surface area contributed by atoms with Crippen LogP contribution >= 0.6 is 27.7 Å². The molecule has 0 unspecified atom stereocenters. The molecule has 1 aliphatic rings. The molecule has 6 heteroatoms. The number of halogens is 1. The second-order valence-electron chi connectivity index (χ2n) is 7.00. The number of anilines is 2. The predicted octanol–water partition coefficient (Wildman–Crippen LogP) is 5.02. The van der Waals surface area contributed by atoms with Crippen LogP contribution in [0.3, 0.4) is 0 Å². The Labute approximate surface area is 180 Å². The number of nitrogens with one attached hydrogen (secondary N) is 1. The van der Waals surface area contributed by atoms with Gasteiger partial charge in [0, 0.05) is 59.1 Å². The van der Waals surface area contributed by atoms with Gasteiger partial charge >= 0.3 is 0 Å². The Balaban J connectivity index is 1.50. The Kier molecular flexibility index (Phi) is 7.82. The molecule has 2 aromatic carbocycles. The number of likely N-dealkylation sites (N-methyl/N-ethyl adjacent to an activating group) is 1. The van der Waals surface area contributed by atoms with Gasteiger partial charge in [-0.05, 0) is 65.3 Å². The molecule has 1 aliphatic heterocycles. The number of carbonyl (C=O) groups excluding carboxylic acids is 1. The van der Waals surface area contributed by atoms with Gasteiger partial charge in [-0.3, -0.25) is 4.79 Å². The normalized spacial score (nSPS) is 14.9. The van der Waals surface area contributed by atoms with Gasteiger partial charge in [0.05, 0.1) is 0 Å². The van der Waals surface area contributed by atoms with E-state index in [-0.39, 0.29) is 5.91 Å². The lowest BCUT2D eigenvalue weighted by molar-refractivity contribution is -0.115. The van der Waals surface area contributed by atoms with Crippen LogP contribution in [-0.2, 0) is 4.79 Å². The molecule has 0 aliphatic carbocycles. The third-order valence-electron chi connectivity index (χ3n) is 5.09. The number of amides is 1. The largest absolute Gasteiger partial charge is 0.369 e. The number of nitrogens with zero attached hydrogens (tertiary/aromatic N) is 2. The van der Waals surface area contributed by atoms with Gasteiger partial charge in [0.1, 0.15) is 0 Å². The van der Waals surface area contributed by atoms with Gasteiger partial charge in [-0.15, -0.1) is 11.8 Å². The zero-order chi connectivity index (χ0) is 19.9. The first-order chi connectivity index (χ1) is 13.6. The number of hydrogen-bond acceptors (Lipinski definition) is 4. The Hall–Kier alpha value is -1.50. The minimum Gasteiger partial charge on any atom is -0.369 e. The minimum absolute atomic E-state index is 0.0620. The van der Waals surface area contributed by atoms with E-state index in [0.29, 0.717) is 6.42 Å². The molecule has 4 nitrogen and oxygen atoms in total. The summed E-state index contributed by atoms with van der Waals surface area (Å²) in [6, 6.07) is 14.4. The predicted molar refractivity (Wildman–Crippen MR) is 124 cm³/mol. The highest BCUT2D eigenvalue weighted by Gasteiger charge is 2.16. The van der Waals surface area contributed by atoms with Crippen molar-refractivity contribution in [2.24, 2.45) is 0 Å². The zero-order valence-corrected chi connectivity index (χ0v) is 19.0. The number of aryl methyl sites for hydroxylation is 1. The van der Waals surface area contributed by atoms with E-state index in [4.69, 9.17) is 0 Å². The first-order valence-electron chi connectivity index (χ1n) is 9.82. The Bertz CT molecular complexity index is 806. The van der Waals surface area contributed by atoms with Gasteiger partial charge < -0.3 is 15.1 Å². The molecule has 1 heterocycles. The average Bonchev–Trinajstić information content (AvgIpc) is 2.71. The first kappa shape index (κ1) is 21.2. The summed E-state index contributed by atoms with van der Waals surface area (Å²) in [7, 11) is 0. The summed E-state index contributed by atoms with van der Waals surface area (Å²) >= 11 is 5.24. The summed E-state index contributed by atoms with van der Waals surface area (Å²) in [5.74, 6) is 0.819. The van der Waals surface area contributed by atoms with Crippen molar-refractivity contribution >= 4 is 45.0 Å². The summed E-state index contributed by atoms with van der Waals surface area (Å²) in [5.41, 5.74) is 3.27. The number of thioether (sulfide) groups is 1. The highest BCUT2D eigenvalue weighted by Crippen LogP contribution is 2.28. The van der Waals surface area contributed by atoms with Crippen LogP contribution in [-0.4, -0.2) is 49.3 Å². The Morgan fingerprint density at radius 2 is 1.89 bits per heavy atom. The van der Waals surface area contributed by atoms with Gasteiger partial charge in [-0.2, -0.15) is 0 Å². The van der Waals surface area contributed by atoms with E-state index < -0.39 is 0 Å². The number of carbonyl (C=O) groups is 1. The summed E-state index contributed by atoms with van der Waals surface area (Å²) in [5, 5.41) is 3.07. The maximum Gasteiger partial charge on any atom is 0.225 e. The number of rotatable bonds is 7. The van der Waals surface area contributed by atoms with E-state index in [1.807, 2.05) is 24.3 Å². The minimum atomic E-state index is 0.0620. The molecule has 28 heavy (non-hydrogen) atoms. The lowest BCUT2D eigenvalue weighted by atomic mass is 10.1. The third kappa shape index (κ3) is 5.75. The molecule has 0 bridgehead atoms. The summed E-state index contributed by atoms with van der Waals surface area (Å²) in [4.78, 5) is 18.4. The lowest BCUT2D eigenvalue weighted by Crippen LogP contribution is -2.46. The molecular formula is C22H28BrN3OS. The topological polar surface area (TPSA) is 35.6 Å². The summed E-state index contributed by atoms with van der Waals surface area (Å²) < 4.78 is 1.08. The van der Waals surface area contributed by atoms with Gasteiger partial charge in [-0.1, -0.05) is 19.1 Å². The number of hydrogen-bond donors (Lipinski definition) is 1. The zero-order valence-electron chi connectivity index (χ0n) is 16.6. The fourth-order valence-corrected chi connectivity index (χ4v) is 4.85. The molecule has 2 aromatic rings. The van der Waals surface area contributed by atoms with E-state index in [1.54, 1.807) is 11.8 Å². The van der Waals surface area contributed by atoms with Crippen molar-refractivity contribution in [1.29, 1.82) is 0 Å². The molecule has 3 rings (SSSR count). The monoisotopic (exact) mass is 461 g/mol. The molecule has 0 atom stereocenters. The lowest BCUT2D eigenvalue weighted by Gasteiger charge is -2.35. The van der Waals surface area contributed by atoms with Crippen LogP contribution in [0, 0.1) is 6.92 Å². The molecule has 1 N–H and O–H groups in total. The molecule has 0 aromatic heterocycles. The third-order valence-corrected chi connectivity index (χ3v) is 7.12. The van der Waals surface area contributed by atoms with Crippen molar-refractivity contribution in [3.05, 3.63) is 52.5 Å². The van der Waals surface area contributed by atoms with E-state index in [9.17, 15) is 4.79 Å². The Morgan fingerprint density at radius 1 is 1.14 bits per heavy atom.